The molecular weight excluding hydrogens is 342 g/mol. The molecule has 7 heteroatoms. The zero-order chi connectivity index (χ0) is 19.2. The standard InChI is InChI=1S/C20H29N5O2/c1-4-24(5-2)18(26)15-23-11-13-25(14-12-23)16(3)20-21-19(22-27-20)17-9-7-6-8-10-17/h6-10,16H,4-5,11-15H2,1-3H3. The lowest BCUT2D eigenvalue weighted by Gasteiger charge is -2.37. The second-order valence-electron chi connectivity index (χ2n) is 6.88. The summed E-state index contributed by atoms with van der Waals surface area (Å²) in [7, 11) is 0. The van der Waals surface area contributed by atoms with E-state index in [0.29, 0.717) is 18.3 Å². The monoisotopic (exact) mass is 371 g/mol. The van der Waals surface area contributed by atoms with Crippen LogP contribution < -0.4 is 0 Å². The lowest BCUT2D eigenvalue weighted by atomic mass is 10.2. The van der Waals surface area contributed by atoms with E-state index in [-0.39, 0.29) is 11.9 Å². The van der Waals surface area contributed by atoms with Crippen LogP contribution >= 0.6 is 0 Å². The maximum atomic E-state index is 12.3. The number of hydrogen-bond donors (Lipinski definition) is 0. The van der Waals surface area contributed by atoms with Crippen LogP contribution in [-0.2, 0) is 4.79 Å². The highest BCUT2D eigenvalue weighted by Gasteiger charge is 2.27. The van der Waals surface area contributed by atoms with Crippen LogP contribution in [0.1, 0.15) is 32.7 Å². The number of amides is 1. The molecule has 1 aliphatic heterocycles. The average Bonchev–Trinajstić information content (AvgIpc) is 3.20. The molecule has 27 heavy (non-hydrogen) atoms. The van der Waals surface area contributed by atoms with Crippen LogP contribution in [-0.4, -0.2) is 76.6 Å². The Balaban J connectivity index is 1.54. The van der Waals surface area contributed by atoms with Crippen molar-refractivity contribution in [1.82, 2.24) is 24.8 Å². The van der Waals surface area contributed by atoms with Crippen LogP contribution in [0.5, 0.6) is 0 Å². The number of carbonyl (C=O) groups excluding carboxylic acids is 1. The summed E-state index contributed by atoms with van der Waals surface area (Å²) in [5, 5.41) is 4.12. The lowest BCUT2D eigenvalue weighted by molar-refractivity contribution is -0.132. The summed E-state index contributed by atoms with van der Waals surface area (Å²) in [5.74, 6) is 1.48. The molecule has 0 bridgehead atoms. The molecule has 3 rings (SSSR count). The summed E-state index contributed by atoms with van der Waals surface area (Å²) in [6.45, 7) is 11.7. The van der Waals surface area contributed by atoms with E-state index in [4.69, 9.17) is 4.52 Å². The Kier molecular flexibility index (Phi) is 6.58. The summed E-state index contributed by atoms with van der Waals surface area (Å²) in [6, 6.07) is 9.92. The normalized spacial score (nSPS) is 17.0. The Morgan fingerprint density at radius 3 is 2.44 bits per heavy atom. The molecule has 1 saturated heterocycles. The van der Waals surface area contributed by atoms with Crippen molar-refractivity contribution in [3.63, 3.8) is 0 Å². The van der Waals surface area contributed by atoms with Crippen LogP contribution in [0.4, 0.5) is 0 Å². The first kappa shape index (κ1) is 19.5. The topological polar surface area (TPSA) is 65.7 Å². The predicted molar refractivity (Wildman–Crippen MR) is 104 cm³/mol. The Morgan fingerprint density at radius 1 is 1.15 bits per heavy atom. The highest BCUT2D eigenvalue weighted by atomic mass is 16.5. The number of likely N-dealkylation sites (N-methyl/N-ethyl adjacent to an activating group) is 1. The second kappa shape index (κ2) is 9.10. The minimum Gasteiger partial charge on any atom is -0.342 e. The van der Waals surface area contributed by atoms with Crippen molar-refractivity contribution >= 4 is 5.91 Å². The highest BCUT2D eigenvalue weighted by Crippen LogP contribution is 2.23. The maximum Gasteiger partial charge on any atom is 0.244 e. The minimum absolute atomic E-state index is 0.0654. The van der Waals surface area contributed by atoms with Crippen LogP contribution in [0, 0.1) is 0 Å². The number of rotatable bonds is 7. The van der Waals surface area contributed by atoms with Crippen molar-refractivity contribution in [3.8, 4) is 11.4 Å². The van der Waals surface area contributed by atoms with E-state index in [0.717, 1.165) is 44.8 Å². The Labute approximate surface area is 160 Å². The fraction of sp³-hybridized carbons (Fsp3) is 0.550. The van der Waals surface area contributed by atoms with Gasteiger partial charge < -0.3 is 9.42 Å². The molecule has 2 heterocycles. The molecule has 1 atom stereocenters. The Bertz CT molecular complexity index is 721. The summed E-state index contributed by atoms with van der Waals surface area (Å²) in [4.78, 5) is 23.3. The third-order valence-electron chi connectivity index (χ3n) is 5.26. The van der Waals surface area contributed by atoms with Crippen molar-refractivity contribution < 1.29 is 9.32 Å². The van der Waals surface area contributed by atoms with Crippen molar-refractivity contribution in [2.75, 3.05) is 45.8 Å². The van der Waals surface area contributed by atoms with E-state index >= 15 is 0 Å². The molecule has 1 amide bonds. The molecule has 1 unspecified atom stereocenters. The summed E-state index contributed by atoms with van der Waals surface area (Å²) in [5.41, 5.74) is 0.958. The van der Waals surface area contributed by atoms with Gasteiger partial charge in [0.05, 0.1) is 12.6 Å². The van der Waals surface area contributed by atoms with Crippen LogP contribution in [0.3, 0.4) is 0 Å². The molecule has 7 nitrogen and oxygen atoms in total. The van der Waals surface area contributed by atoms with Gasteiger partial charge in [0.2, 0.25) is 17.6 Å². The van der Waals surface area contributed by atoms with Gasteiger partial charge in [-0.15, -0.1) is 0 Å². The lowest BCUT2D eigenvalue weighted by Crippen LogP contribution is -2.50. The molecule has 0 N–H and O–H groups in total. The largest absolute Gasteiger partial charge is 0.342 e. The number of nitrogens with zero attached hydrogens (tertiary/aromatic N) is 5. The predicted octanol–water partition coefficient (Wildman–Crippen LogP) is 2.28. The van der Waals surface area contributed by atoms with E-state index in [1.165, 1.54) is 0 Å². The highest BCUT2D eigenvalue weighted by molar-refractivity contribution is 5.78. The Morgan fingerprint density at radius 2 is 1.81 bits per heavy atom. The smallest absolute Gasteiger partial charge is 0.244 e. The van der Waals surface area contributed by atoms with Crippen molar-refractivity contribution in [1.29, 1.82) is 0 Å². The van der Waals surface area contributed by atoms with Crippen molar-refractivity contribution in [3.05, 3.63) is 36.2 Å². The fourth-order valence-corrected chi connectivity index (χ4v) is 3.44. The maximum absolute atomic E-state index is 12.3. The molecule has 0 saturated carbocycles. The third-order valence-corrected chi connectivity index (χ3v) is 5.26. The number of hydrogen-bond acceptors (Lipinski definition) is 6. The SMILES string of the molecule is CCN(CC)C(=O)CN1CCN(C(C)c2nc(-c3ccccc3)no2)CC1. The molecule has 0 spiro atoms. The molecule has 1 aromatic heterocycles. The van der Waals surface area contributed by atoms with Gasteiger partial charge in [-0.1, -0.05) is 35.5 Å². The molecular formula is C20H29N5O2. The first-order chi connectivity index (χ1) is 13.1. The molecule has 1 fully saturated rings. The van der Waals surface area contributed by atoms with Crippen LogP contribution in [0.15, 0.2) is 34.9 Å². The van der Waals surface area contributed by atoms with E-state index in [1.807, 2.05) is 49.1 Å². The van der Waals surface area contributed by atoms with E-state index in [9.17, 15) is 4.79 Å². The number of aromatic nitrogens is 2. The second-order valence-corrected chi connectivity index (χ2v) is 6.88. The van der Waals surface area contributed by atoms with Gasteiger partial charge in [-0.2, -0.15) is 4.98 Å². The van der Waals surface area contributed by atoms with Gasteiger partial charge in [0, 0.05) is 44.8 Å². The van der Waals surface area contributed by atoms with Gasteiger partial charge in [0.15, 0.2) is 0 Å². The van der Waals surface area contributed by atoms with E-state index < -0.39 is 0 Å². The number of carbonyl (C=O) groups is 1. The summed E-state index contributed by atoms with van der Waals surface area (Å²) < 4.78 is 5.51. The van der Waals surface area contributed by atoms with Gasteiger partial charge in [-0.3, -0.25) is 14.6 Å². The summed E-state index contributed by atoms with van der Waals surface area (Å²) >= 11 is 0. The molecule has 0 aliphatic carbocycles. The molecule has 1 aliphatic rings. The quantitative estimate of drug-likeness (QED) is 0.744. The molecule has 146 valence electrons. The van der Waals surface area contributed by atoms with Gasteiger partial charge in [0.1, 0.15) is 0 Å². The van der Waals surface area contributed by atoms with E-state index in [2.05, 4.69) is 26.9 Å². The van der Waals surface area contributed by atoms with E-state index in [1.54, 1.807) is 0 Å². The first-order valence-corrected chi connectivity index (χ1v) is 9.75. The first-order valence-electron chi connectivity index (χ1n) is 9.75. The zero-order valence-electron chi connectivity index (χ0n) is 16.5. The minimum atomic E-state index is 0.0654. The number of piperazine rings is 1. The molecule has 1 aromatic carbocycles. The van der Waals surface area contributed by atoms with Gasteiger partial charge >= 0.3 is 0 Å². The van der Waals surface area contributed by atoms with Crippen molar-refractivity contribution in [2.45, 2.75) is 26.8 Å². The van der Waals surface area contributed by atoms with Gasteiger partial charge in [-0.05, 0) is 20.8 Å². The average molecular weight is 371 g/mol. The van der Waals surface area contributed by atoms with Crippen LogP contribution in [0.25, 0.3) is 11.4 Å². The zero-order valence-corrected chi connectivity index (χ0v) is 16.5. The molecule has 2 aromatic rings. The van der Waals surface area contributed by atoms with Gasteiger partial charge in [0.25, 0.3) is 0 Å². The van der Waals surface area contributed by atoms with Gasteiger partial charge in [-0.25, -0.2) is 0 Å². The summed E-state index contributed by atoms with van der Waals surface area (Å²) in [6.07, 6.45) is 0. The number of benzene rings is 1. The molecule has 0 radical (unpaired) electrons. The van der Waals surface area contributed by atoms with Crippen LogP contribution in [0.2, 0.25) is 0 Å². The Hall–Kier alpha value is -2.25. The van der Waals surface area contributed by atoms with Crippen molar-refractivity contribution in [2.24, 2.45) is 0 Å². The third kappa shape index (κ3) is 4.73. The fourth-order valence-electron chi connectivity index (χ4n) is 3.44.